The molecule has 16 heavy (non-hydrogen) atoms. The molecule has 0 aliphatic heterocycles. The standard InChI is InChI=1S/C11H14ClN3O/c12-10-7-13-9(6-14-10)11(16)15-5-8-3-1-2-4-8/h6-8H,1-5H2,(H,15,16). The Balaban J connectivity index is 1.85. The van der Waals surface area contributed by atoms with Gasteiger partial charge in [-0.1, -0.05) is 24.4 Å². The van der Waals surface area contributed by atoms with Gasteiger partial charge in [0.2, 0.25) is 0 Å². The van der Waals surface area contributed by atoms with E-state index >= 15 is 0 Å². The average molecular weight is 240 g/mol. The van der Waals surface area contributed by atoms with E-state index in [1.165, 1.54) is 38.1 Å². The third-order valence-corrected chi connectivity index (χ3v) is 3.07. The number of halogens is 1. The van der Waals surface area contributed by atoms with Crippen LogP contribution in [0.4, 0.5) is 0 Å². The van der Waals surface area contributed by atoms with Crippen LogP contribution in [0.2, 0.25) is 5.15 Å². The zero-order valence-corrected chi connectivity index (χ0v) is 9.70. The number of nitrogens with one attached hydrogen (secondary N) is 1. The van der Waals surface area contributed by atoms with Crippen molar-refractivity contribution in [3.05, 3.63) is 23.2 Å². The lowest BCUT2D eigenvalue weighted by Crippen LogP contribution is -2.29. The minimum atomic E-state index is -0.170. The van der Waals surface area contributed by atoms with Gasteiger partial charge in [-0.25, -0.2) is 9.97 Å². The van der Waals surface area contributed by atoms with Crippen molar-refractivity contribution in [1.82, 2.24) is 15.3 Å². The van der Waals surface area contributed by atoms with Crippen LogP contribution in [-0.2, 0) is 0 Å². The van der Waals surface area contributed by atoms with Gasteiger partial charge in [0.15, 0.2) is 0 Å². The van der Waals surface area contributed by atoms with Gasteiger partial charge in [-0.2, -0.15) is 0 Å². The van der Waals surface area contributed by atoms with Crippen molar-refractivity contribution in [2.75, 3.05) is 6.54 Å². The maximum Gasteiger partial charge on any atom is 0.271 e. The van der Waals surface area contributed by atoms with E-state index in [-0.39, 0.29) is 5.91 Å². The van der Waals surface area contributed by atoms with E-state index in [0.717, 1.165) is 6.54 Å². The van der Waals surface area contributed by atoms with E-state index in [9.17, 15) is 4.79 Å². The topological polar surface area (TPSA) is 54.9 Å². The third kappa shape index (κ3) is 2.92. The number of hydrogen-bond acceptors (Lipinski definition) is 3. The van der Waals surface area contributed by atoms with Crippen molar-refractivity contribution in [3.63, 3.8) is 0 Å². The quantitative estimate of drug-likeness (QED) is 0.878. The van der Waals surface area contributed by atoms with Gasteiger partial charge in [0, 0.05) is 6.54 Å². The molecule has 0 bridgehead atoms. The Morgan fingerprint density at radius 1 is 1.38 bits per heavy atom. The Morgan fingerprint density at radius 2 is 2.12 bits per heavy atom. The number of rotatable bonds is 3. The van der Waals surface area contributed by atoms with Crippen LogP contribution in [0.25, 0.3) is 0 Å². The average Bonchev–Trinajstić information content (AvgIpc) is 2.80. The lowest BCUT2D eigenvalue weighted by molar-refractivity contribution is 0.0942. The van der Waals surface area contributed by atoms with E-state index in [4.69, 9.17) is 11.6 Å². The molecule has 0 spiro atoms. The zero-order valence-electron chi connectivity index (χ0n) is 8.95. The first-order valence-electron chi connectivity index (χ1n) is 5.51. The van der Waals surface area contributed by atoms with Crippen LogP contribution in [0.15, 0.2) is 12.4 Å². The Labute approximate surface area is 99.4 Å². The monoisotopic (exact) mass is 239 g/mol. The maximum atomic E-state index is 11.7. The Bertz CT molecular complexity index is 360. The predicted octanol–water partition coefficient (Wildman–Crippen LogP) is 2.05. The first-order chi connectivity index (χ1) is 7.75. The van der Waals surface area contributed by atoms with Gasteiger partial charge in [-0.05, 0) is 18.8 Å². The summed E-state index contributed by atoms with van der Waals surface area (Å²) in [5, 5.41) is 3.17. The van der Waals surface area contributed by atoms with E-state index in [1.54, 1.807) is 0 Å². The van der Waals surface area contributed by atoms with E-state index in [2.05, 4.69) is 15.3 Å². The number of nitrogens with zero attached hydrogens (tertiary/aromatic N) is 2. The second kappa shape index (κ2) is 5.25. The van der Waals surface area contributed by atoms with Crippen molar-refractivity contribution in [2.45, 2.75) is 25.7 Å². The van der Waals surface area contributed by atoms with Crippen LogP contribution >= 0.6 is 11.6 Å². The molecule has 0 atom stereocenters. The molecule has 86 valence electrons. The maximum absolute atomic E-state index is 11.7. The molecule has 0 unspecified atom stereocenters. The fraction of sp³-hybridized carbons (Fsp3) is 0.545. The highest BCUT2D eigenvalue weighted by Gasteiger charge is 2.16. The number of aromatic nitrogens is 2. The second-order valence-corrected chi connectivity index (χ2v) is 4.47. The molecule has 1 N–H and O–H groups in total. The first kappa shape index (κ1) is 11.3. The highest BCUT2D eigenvalue weighted by molar-refractivity contribution is 6.29. The number of carbonyl (C=O) groups is 1. The summed E-state index contributed by atoms with van der Waals surface area (Å²) in [5.74, 6) is 0.459. The number of amides is 1. The Morgan fingerprint density at radius 3 is 2.75 bits per heavy atom. The van der Waals surface area contributed by atoms with Gasteiger partial charge in [0.05, 0.1) is 12.4 Å². The minimum Gasteiger partial charge on any atom is -0.350 e. The van der Waals surface area contributed by atoms with Crippen molar-refractivity contribution >= 4 is 17.5 Å². The summed E-state index contributed by atoms with van der Waals surface area (Å²) in [6.45, 7) is 0.739. The smallest absolute Gasteiger partial charge is 0.271 e. The zero-order chi connectivity index (χ0) is 11.4. The molecule has 1 aliphatic carbocycles. The second-order valence-electron chi connectivity index (χ2n) is 4.08. The van der Waals surface area contributed by atoms with Gasteiger partial charge >= 0.3 is 0 Å². The van der Waals surface area contributed by atoms with Gasteiger partial charge in [0.25, 0.3) is 5.91 Å². The number of hydrogen-bond donors (Lipinski definition) is 1. The summed E-state index contributed by atoms with van der Waals surface area (Å²) in [4.78, 5) is 19.4. The Kier molecular flexibility index (Phi) is 3.72. The highest BCUT2D eigenvalue weighted by atomic mass is 35.5. The van der Waals surface area contributed by atoms with Crippen LogP contribution in [0.1, 0.15) is 36.2 Å². The molecule has 0 radical (unpaired) electrons. The third-order valence-electron chi connectivity index (χ3n) is 2.88. The lowest BCUT2D eigenvalue weighted by Gasteiger charge is -2.09. The van der Waals surface area contributed by atoms with E-state index in [0.29, 0.717) is 16.8 Å². The van der Waals surface area contributed by atoms with Crippen LogP contribution in [-0.4, -0.2) is 22.4 Å². The van der Waals surface area contributed by atoms with Crippen molar-refractivity contribution in [2.24, 2.45) is 5.92 Å². The van der Waals surface area contributed by atoms with Gasteiger partial charge < -0.3 is 5.32 Å². The predicted molar refractivity (Wildman–Crippen MR) is 61.3 cm³/mol. The van der Waals surface area contributed by atoms with Crippen LogP contribution in [0, 0.1) is 5.92 Å². The molecule has 1 aromatic heterocycles. The van der Waals surface area contributed by atoms with Gasteiger partial charge in [-0.15, -0.1) is 0 Å². The summed E-state index contributed by atoms with van der Waals surface area (Å²) >= 11 is 5.59. The molecule has 5 heteroatoms. The molecule has 1 aliphatic rings. The van der Waals surface area contributed by atoms with Gasteiger partial charge in [-0.3, -0.25) is 4.79 Å². The van der Waals surface area contributed by atoms with E-state index in [1.807, 2.05) is 0 Å². The molecule has 1 aromatic rings. The normalized spacial score (nSPS) is 16.3. The molecule has 2 rings (SSSR count). The first-order valence-corrected chi connectivity index (χ1v) is 5.89. The van der Waals surface area contributed by atoms with Crippen LogP contribution in [0.3, 0.4) is 0 Å². The number of carbonyl (C=O) groups excluding carboxylic acids is 1. The molecule has 1 saturated carbocycles. The molecule has 1 fully saturated rings. The highest BCUT2D eigenvalue weighted by Crippen LogP contribution is 2.23. The molecular formula is C11H14ClN3O. The minimum absolute atomic E-state index is 0.170. The fourth-order valence-corrected chi connectivity index (χ4v) is 2.07. The lowest BCUT2D eigenvalue weighted by atomic mass is 10.1. The molecule has 4 nitrogen and oxygen atoms in total. The molecule has 0 aromatic carbocycles. The summed E-state index contributed by atoms with van der Waals surface area (Å²) in [7, 11) is 0. The van der Waals surface area contributed by atoms with Crippen LogP contribution in [0.5, 0.6) is 0 Å². The summed E-state index contributed by atoms with van der Waals surface area (Å²) in [5.41, 5.74) is 0.322. The SMILES string of the molecule is O=C(NCC1CCCC1)c1cnc(Cl)cn1. The van der Waals surface area contributed by atoms with Crippen molar-refractivity contribution < 1.29 is 4.79 Å². The van der Waals surface area contributed by atoms with Crippen molar-refractivity contribution in [1.29, 1.82) is 0 Å². The molecular weight excluding hydrogens is 226 g/mol. The largest absolute Gasteiger partial charge is 0.350 e. The summed E-state index contributed by atoms with van der Waals surface area (Å²) in [6.07, 6.45) is 7.76. The Hall–Kier alpha value is -1.16. The van der Waals surface area contributed by atoms with Crippen LogP contribution < -0.4 is 5.32 Å². The summed E-state index contributed by atoms with van der Waals surface area (Å²) in [6, 6.07) is 0. The van der Waals surface area contributed by atoms with E-state index < -0.39 is 0 Å². The van der Waals surface area contributed by atoms with Gasteiger partial charge in [0.1, 0.15) is 10.8 Å². The van der Waals surface area contributed by atoms with Crippen molar-refractivity contribution in [3.8, 4) is 0 Å². The summed E-state index contributed by atoms with van der Waals surface area (Å²) < 4.78 is 0. The molecule has 0 saturated heterocycles. The molecule has 1 amide bonds. The fourth-order valence-electron chi connectivity index (χ4n) is 1.97. The molecule has 1 heterocycles.